The van der Waals surface area contributed by atoms with Gasteiger partial charge in [0.1, 0.15) is 11.5 Å². The molecule has 1 aliphatic carbocycles. The predicted molar refractivity (Wildman–Crippen MR) is 159 cm³/mol. The van der Waals surface area contributed by atoms with Gasteiger partial charge in [0.25, 0.3) is 0 Å². The Labute approximate surface area is 226 Å². The first-order valence-corrected chi connectivity index (χ1v) is 13.0. The Morgan fingerprint density at radius 1 is 0.718 bits per heavy atom. The van der Waals surface area contributed by atoms with Crippen molar-refractivity contribution in [3.8, 4) is 33.9 Å². The topological polar surface area (TPSA) is 65.7 Å². The molecule has 0 atom stereocenters. The van der Waals surface area contributed by atoms with Gasteiger partial charge in [-0.1, -0.05) is 92.7 Å². The Morgan fingerprint density at radius 3 is 2.33 bits per heavy atom. The number of phenolic OH excluding ortho intramolecular Hbond substituents is 2. The summed E-state index contributed by atoms with van der Waals surface area (Å²) in [5, 5.41) is 25.5. The zero-order chi connectivity index (χ0) is 26.7. The Hall–Kier alpha value is -4.96. The van der Waals surface area contributed by atoms with Crippen LogP contribution in [0.4, 0.5) is 5.69 Å². The van der Waals surface area contributed by atoms with Crippen LogP contribution in [0.15, 0.2) is 108 Å². The van der Waals surface area contributed by atoms with Gasteiger partial charge in [-0.15, -0.1) is 0 Å². The second-order valence-electron chi connectivity index (χ2n) is 10.6. The Balaban J connectivity index is 1.46. The lowest BCUT2D eigenvalue weighted by atomic mass is 9.79. The van der Waals surface area contributed by atoms with Gasteiger partial charge in [0.05, 0.1) is 23.3 Å². The van der Waals surface area contributed by atoms with Crippen LogP contribution in [-0.4, -0.2) is 21.4 Å². The summed E-state index contributed by atoms with van der Waals surface area (Å²) in [6.07, 6.45) is 1.73. The summed E-state index contributed by atoms with van der Waals surface area (Å²) in [4.78, 5) is 9.84. The molecule has 188 valence electrons. The number of pyridine rings is 1. The van der Waals surface area contributed by atoms with Gasteiger partial charge in [0.15, 0.2) is 0 Å². The quantitative estimate of drug-likeness (QED) is 0.236. The van der Waals surface area contributed by atoms with E-state index in [-0.39, 0.29) is 16.9 Å². The van der Waals surface area contributed by atoms with Crippen LogP contribution in [-0.2, 0) is 5.41 Å². The Morgan fingerprint density at radius 2 is 1.46 bits per heavy atom. The number of fused-ring (bicyclic) bond motifs is 5. The highest BCUT2D eigenvalue weighted by molar-refractivity contribution is 6.03. The molecule has 0 aliphatic heterocycles. The van der Waals surface area contributed by atoms with Crippen molar-refractivity contribution in [3.63, 3.8) is 0 Å². The number of hydrogen-bond donors (Lipinski definition) is 2. The maximum absolute atomic E-state index is 11.3. The van der Waals surface area contributed by atoms with E-state index in [1.54, 1.807) is 18.3 Å². The van der Waals surface area contributed by atoms with E-state index in [0.29, 0.717) is 16.8 Å². The molecule has 1 aromatic heterocycles. The van der Waals surface area contributed by atoms with Crippen molar-refractivity contribution in [2.75, 3.05) is 0 Å². The highest BCUT2D eigenvalue weighted by Crippen LogP contribution is 2.54. The Kier molecular flexibility index (Phi) is 5.07. The van der Waals surface area contributed by atoms with E-state index >= 15 is 0 Å². The Bertz CT molecular complexity index is 1970. The zero-order valence-corrected chi connectivity index (χ0v) is 21.7. The third-order valence-electron chi connectivity index (χ3n) is 7.89. The number of aromatic hydroxyl groups is 2. The second kappa shape index (κ2) is 8.53. The van der Waals surface area contributed by atoms with Crippen molar-refractivity contribution in [1.29, 1.82) is 0 Å². The fourth-order valence-electron chi connectivity index (χ4n) is 6.12. The number of nitrogens with zero attached hydrogens (tertiary/aromatic N) is 2. The van der Waals surface area contributed by atoms with Crippen molar-refractivity contribution < 1.29 is 10.2 Å². The summed E-state index contributed by atoms with van der Waals surface area (Å²) in [5.41, 5.74) is 7.14. The molecule has 5 aromatic carbocycles. The first-order valence-electron chi connectivity index (χ1n) is 13.0. The van der Waals surface area contributed by atoms with E-state index in [1.165, 1.54) is 11.1 Å². The van der Waals surface area contributed by atoms with Crippen LogP contribution in [0.1, 0.15) is 30.7 Å². The van der Waals surface area contributed by atoms with Gasteiger partial charge >= 0.3 is 0 Å². The van der Waals surface area contributed by atoms with Crippen molar-refractivity contribution >= 4 is 33.4 Å². The summed E-state index contributed by atoms with van der Waals surface area (Å²) in [5.74, 6) is 0.402. The minimum absolute atomic E-state index is 0.193. The van der Waals surface area contributed by atoms with Gasteiger partial charge in [0, 0.05) is 21.8 Å². The molecule has 1 aliphatic rings. The van der Waals surface area contributed by atoms with Crippen LogP contribution in [0.5, 0.6) is 11.5 Å². The zero-order valence-electron chi connectivity index (χ0n) is 21.7. The molecular formula is C35H26N2O2. The molecule has 0 amide bonds. The molecule has 0 saturated carbocycles. The van der Waals surface area contributed by atoms with Crippen molar-refractivity contribution in [2.45, 2.75) is 19.3 Å². The molecule has 0 fully saturated rings. The summed E-state index contributed by atoms with van der Waals surface area (Å²) in [6, 6.07) is 33.6. The van der Waals surface area contributed by atoms with Gasteiger partial charge in [-0.2, -0.15) is 0 Å². The average Bonchev–Trinajstić information content (AvgIpc) is 3.18. The summed E-state index contributed by atoms with van der Waals surface area (Å²) < 4.78 is 0. The predicted octanol–water partition coefficient (Wildman–Crippen LogP) is 8.52. The molecular weight excluding hydrogens is 480 g/mol. The molecule has 0 saturated heterocycles. The maximum atomic E-state index is 11.3. The van der Waals surface area contributed by atoms with Crippen molar-refractivity contribution in [3.05, 3.63) is 120 Å². The lowest BCUT2D eigenvalue weighted by molar-refractivity contribution is 0.475. The molecule has 4 nitrogen and oxygen atoms in total. The summed E-state index contributed by atoms with van der Waals surface area (Å²) in [7, 11) is 0. The van der Waals surface area contributed by atoms with E-state index in [1.807, 2.05) is 54.6 Å². The van der Waals surface area contributed by atoms with Gasteiger partial charge in [-0.25, -0.2) is 4.98 Å². The number of aliphatic imine (C=N–C) groups is 1. The number of benzene rings is 5. The minimum Gasteiger partial charge on any atom is -0.507 e. The van der Waals surface area contributed by atoms with E-state index in [9.17, 15) is 10.2 Å². The van der Waals surface area contributed by atoms with Crippen molar-refractivity contribution in [2.24, 2.45) is 4.99 Å². The minimum atomic E-state index is -0.312. The second-order valence-corrected chi connectivity index (χ2v) is 10.6. The number of phenols is 2. The SMILES string of the molecule is CC1(C)c2ccccc2-c2ccc(O)c(-c3nc(/C=N/c4cccc5cccc(O)c45)cc4ccccc34)c21. The van der Waals surface area contributed by atoms with Gasteiger partial charge < -0.3 is 10.2 Å². The first kappa shape index (κ1) is 23.2. The van der Waals surface area contributed by atoms with Crippen LogP contribution >= 0.6 is 0 Å². The monoisotopic (exact) mass is 506 g/mol. The smallest absolute Gasteiger partial charge is 0.125 e. The third kappa shape index (κ3) is 3.52. The normalized spacial score (nSPS) is 13.7. The van der Waals surface area contributed by atoms with E-state index in [4.69, 9.17) is 9.98 Å². The van der Waals surface area contributed by atoms with E-state index < -0.39 is 0 Å². The van der Waals surface area contributed by atoms with Crippen LogP contribution < -0.4 is 0 Å². The molecule has 0 spiro atoms. The van der Waals surface area contributed by atoms with Crippen LogP contribution in [0.2, 0.25) is 0 Å². The number of rotatable bonds is 3. The fraction of sp³-hybridized carbons (Fsp3) is 0.0857. The third-order valence-corrected chi connectivity index (χ3v) is 7.89. The first-order chi connectivity index (χ1) is 18.9. The summed E-state index contributed by atoms with van der Waals surface area (Å²) in [6.45, 7) is 4.42. The number of hydrogen-bond acceptors (Lipinski definition) is 4. The molecule has 4 heteroatoms. The fourth-order valence-corrected chi connectivity index (χ4v) is 6.12. The van der Waals surface area contributed by atoms with E-state index in [0.717, 1.165) is 38.5 Å². The molecule has 6 aromatic rings. The lowest BCUT2D eigenvalue weighted by Crippen LogP contribution is -2.16. The van der Waals surface area contributed by atoms with Gasteiger partial charge in [-0.3, -0.25) is 4.99 Å². The molecule has 0 unspecified atom stereocenters. The molecule has 0 radical (unpaired) electrons. The maximum Gasteiger partial charge on any atom is 0.125 e. The lowest BCUT2D eigenvalue weighted by Gasteiger charge is -2.25. The largest absolute Gasteiger partial charge is 0.507 e. The molecule has 0 bridgehead atoms. The highest BCUT2D eigenvalue weighted by atomic mass is 16.3. The highest BCUT2D eigenvalue weighted by Gasteiger charge is 2.39. The van der Waals surface area contributed by atoms with Gasteiger partial charge in [0.2, 0.25) is 0 Å². The van der Waals surface area contributed by atoms with Gasteiger partial charge in [-0.05, 0) is 57.3 Å². The molecule has 2 N–H and O–H groups in total. The average molecular weight is 507 g/mol. The van der Waals surface area contributed by atoms with Crippen LogP contribution in [0.25, 0.3) is 43.9 Å². The molecule has 7 rings (SSSR count). The molecule has 1 heterocycles. The summed E-state index contributed by atoms with van der Waals surface area (Å²) >= 11 is 0. The van der Waals surface area contributed by atoms with Crippen LogP contribution in [0, 0.1) is 0 Å². The van der Waals surface area contributed by atoms with Crippen LogP contribution in [0.3, 0.4) is 0 Å². The van der Waals surface area contributed by atoms with Crippen molar-refractivity contribution in [1.82, 2.24) is 4.98 Å². The molecule has 39 heavy (non-hydrogen) atoms. The van der Waals surface area contributed by atoms with E-state index in [2.05, 4.69) is 50.2 Å². The standard InChI is InChI=1S/C35H26N2O2/c1-35(2)27-14-6-5-13-25(27)26-17-18-30(39)32(33(26)35)34-24-12-4-3-9-22(24)19-23(37-34)20-36-28-15-7-10-21-11-8-16-29(38)31(21)28/h3-20,38-39H,1-2H3/b36-20+. The number of aromatic nitrogens is 1.